The van der Waals surface area contributed by atoms with E-state index in [9.17, 15) is 9.59 Å². The van der Waals surface area contributed by atoms with Gasteiger partial charge in [0, 0.05) is 10.7 Å². The maximum atomic E-state index is 12.5. The zero-order valence-corrected chi connectivity index (χ0v) is 13.5. The predicted molar refractivity (Wildman–Crippen MR) is 87.2 cm³/mol. The van der Waals surface area contributed by atoms with Gasteiger partial charge in [-0.1, -0.05) is 31.5 Å². The van der Waals surface area contributed by atoms with Crippen LogP contribution in [-0.4, -0.2) is 27.2 Å². The normalized spacial score (nSPS) is 10.4. The monoisotopic (exact) mass is 333 g/mol. The highest BCUT2D eigenvalue weighted by Gasteiger charge is 2.20. The Labute approximate surface area is 138 Å². The first kappa shape index (κ1) is 16.9. The fraction of sp³-hybridized carbons (Fsp3) is 0.250. The summed E-state index contributed by atoms with van der Waals surface area (Å²) in [5.74, 6) is -1.86. The molecule has 23 heavy (non-hydrogen) atoms. The van der Waals surface area contributed by atoms with Crippen LogP contribution in [0.25, 0.3) is 0 Å². The number of aromatic nitrogens is 2. The average molecular weight is 334 g/mol. The second-order valence-electron chi connectivity index (χ2n) is 4.82. The predicted octanol–water partition coefficient (Wildman–Crippen LogP) is 3.21. The summed E-state index contributed by atoms with van der Waals surface area (Å²) in [6.07, 6.45) is 2.63. The first-order chi connectivity index (χ1) is 11.0. The molecule has 0 saturated heterocycles. The van der Waals surface area contributed by atoms with Crippen molar-refractivity contribution < 1.29 is 14.7 Å². The Morgan fingerprint density at radius 2 is 1.96 bits per heavy atom. The summed E-state index contributed by atoms with van der Waals surface area (Å²) in [6.45, 7) is 3.90. The second kappa shape index (κ2) is 7.19. The van der Waals surface area contributed by atoms with Crippen molar-refractivity contribution in [1.82, 2.24) is 10.2 Å². The van der Waals surface area contributed by atoms with Crippen LogP contribution in [0.4, 0.5) is 5.69 Å². The molecule has 1 amide bonds. The summed E-state index contributed by atoms with van der Waals surface area (Å²) < 4.78 is 0. The number of benzene rings is 1. The van der Waals surface area contributed by atoms with Gasteiger partial charge in [0.15, 0.2) is 5.69 Å². The number of carbonyl (C=O) groups is 2. The van der Waals surface area contributed by atoms with Crippen LogP contribution in [0.1, 0.15) is 45.8 Å². The number of hydrogen-bond donors (Lipinski definition) is 2. The summed E-state index contributed by atoms with van der Waals surface area (Å²) in [6, 6.07) is 4.97. The van der Waals surface area contributed by atoms with E-state index in [0.29, 0.717) is 23.6 Å². The van der Waals surface area contributed by atoms with Crippen molar-refractivity contribution in [2.24, 2.45) is 0 Å². The highest BCUT2D eigenvalue weighted by Crippen LogP contribution is 2.30. The molecule has 0 unspecified atom stereocenters. The number of carbonyl (C=O) groups excluding carboxylic acids is 1. The van der Waals surface area contributed by atoms with E-state index in [2.05, 4.69) is 15.5 Å². The van der Waals surface area contributed by atoms with Crippen LogP contribution in [0.15, 0.2) is 24.4 Å². The van der Waals surface area contributed by atoms with Crippen LogP contribution in [0.2, 0.25) is 5.02 Å². The van der Waals surface area contributed by atoms with Gasteiger partial charge in [0.1, 0.15) is 0 Å². The molecule has 1 aromatic heterocycles. The Balaban J connectivity index is 2.46. The zero-order chi connectivity index (χ0) is 17.0. The number of aromatic carboxylic acids is 1. The third-order valence-corrected chi connectivity index (χ3v) is 3.84. The molecule has 1 aromatic carbocycles. The molecule has 2 aromatic rings. The van der Waals surface area contributed by atoms with Gasteiger partial charge in [0.05, 0.1) is 11.8 Å². The fourth-order valence-electron chi connectivity index (χ4n) is 2.32. The number of carboxylic acids is 1. The van der Waals surface area contributed by atoms with E-state index >= 15 is 0 Å². The molecule has 0 atom stereocenters. The van der Waals surface area contributed by atoms with E-state index in [4.69, 9.17) is 16.7 Å². The molecular weight excluding hydrogens is 318 g/mol. The van der Waals surface area contributed by atoms with Crippen molar-refractivity contribution in [2.75, 3.05) is 5.32 Å². The number of nitrogens with one attached hydrogen (secondary N) is 1. The van der Waals surface area contributed by atoms with Crippen molar-refractivity contribution >= 4 is 29.2 Å². The topological polar surface area (TPSA) is 92.2 Å². The molecule has 1 heterocycles. The molecule has 0 aliphatic carbocycles. The number of carboxylic acid groups (broad SMARTS) is 1. The van der Waals surface area contributed by atoms with Gasteiger partial charge in [-0.15, -0.1) is 5.10 Å². The Kier molecular flexibility index (Phi) is 5.28. The number of aryl methyl sites for hydroxylation is 1. The molecule has 6 nitrogen and oxygen atoms in total. The molecule has 0 aliphatic rings. The maximum Gasteiger partial charge on any atom is 0.357 e. The lowest BCUT2D eigenvalue weighted by molar-refractivity contribution is 0.0684. The third-order valence-electron chi connectivity index (χ3n) is 3.48. The number of anilines is 1. The number of amides is 1. The number of hydrogen-bond acceptors (Lipinski definition) is 4. The van der Waals surface area contributed by atoms with Gasteiger partial charge >= 0.3 is 5.97 Å². The summed E-state index contributed by atoms with van der Waals surface area (Å²) >= 11 is 6.20. The van der Waals surface area contributed by atoms with Crippen molar-refractivity contribution in [3.8, 4) is 0 Å². The smallest absolute Gasteiger partial charge is 0.357 e. The first-order valence-corrected chi connectivity index (χ1v) is 7.53. The van der Waals surface area contributed by atoms with Crippen LogP contribution in [0, 0.1) is 0 Å². The molecule has 2 rings (SSSR count). The van der Waals surface area contributed by atoms with Crippen molar-refractivity contribution in [3.05, 3.63) is 51.8 Å². The molecule has 2 N–H and O–H groups in total. The van der Waals surface area contributed by atoms with Gasteiger partial charge in [0.25, 0.3) is 5.91 Å². The van der Waals surface area contributed by atoms with E-state index in [0.717, 1.165) is 11.1 Å². The van der Waals surface area contributed by atoms with Gasteiger partial charge < -0.3 is 10.4 Å². The second-order valence-corrected chi connectivity index (χ2v) is 5.23. The lowest BCUT2D eigenvalue weighted by Gasteiger charge is -2.16. The van der Waals surface area contributed by atoms with E-state index in [-0.39, 0.29) is 11.3 Å². The maximum absolute atomic E-state index is 12.5. The number of rotatable bonds is 5. The summed E-state index contributed by atoms with van der Waals surface area (Å²) in [5.41, 5.74) is 1.94. The largest absolute Gasteiger partial charge is 0.476 e. The van der Waals surface area contributed by atoms with E-state index in [1.165, 1.54) is 12.3 Å². The van der Waals surface area contributed by atoms with Gasteiger partial charge in [0.2, 0.25) is 0 Å². The minimum atomic E-state index is -1.30. The summed E-state index contributed by atoms with van der Waals surface area (Å²) in [4.78, 5) is 23.7. The molecule has 0 fully saturated rings. The summed E-state index contributed by atoms with van der Waals surface area (Å²) in [5, 5.41) is 19.5. The Bertz CT molecular complexity index is 762. The van der Waals surface area contributed by atoms with Crippen LogP contribution >= 0.6 is 11.6 Å². The zero-order valence-electron chi connectivity index (χ0n) is 12.8. The highest BCUT2D eigenvalue weighted by molar-refractivity contribution is 6.32. The van der Waals surface area contributed by atoms with Gasteiger partial charge in [-0.25, -0.2) is 4.79 Å². The number of nitrogens with zero attached hydrogens (tertiary/aromatic N) is 2. The van der Waals surface area contributed by atoms with Crippen molar-refractivity contribution in [3.63, 3.8) is 0 Å². The molecular formula is C16H16ClN3O3. The minimum Gasteiger partial charge on any atom is -0.476 e. The van der Waals surface area contributed by atoms with Crippen molar-refractivity contribution in [2.45, 2.75) is 26.7 Å². The molecule has 0 bridgehead atoms. The molecule has 0 aliphatic heterocycles. The quantitative estimate of drug-likeness (QED) is 0.876. The molecule has 0 spiro atoms. The van der Waals surface area contributed by atoms with E-state index < -0.39 is 11.9 Å². The Hall–Kier alpha value is -2.47. The highest BCUT2D eigenvalue weighted by atomic mass is 35.5. The summed E-state index contributed by atoms with van der Waals surface area (Å²) in [7, 11) is 0. The van der Waals surface area contributed by atoms with Crippen LogP contribution < -0.4 is 5.32 Å². The third kappa shape index (κ3) is 3.48. The molecule has 7 heteroatoms. The first-order valence-electron chi connectivity index (χ1n) is 7.16. The Morgan fingerprint density at radius 1 is 1.22 bits per heavy atom. The van der Waals surface area contributed by atoms with E-state index in [1.54, 1.807) is 6.07 Å². The Morgan fingerprint density at radius 3 is 2.57 bits per heavy atom. The molecule has 0 saturated carbocycles. The van der Waals surface area contributed by atoms with E-state index in [1.807, 2.05) is 19.9 Å². The standard InChI is InChI=1S/C16H16ClN3O3/c1-3-9-5-6-12(17)10(4-2)13(9)19-15(21)11-7-8-18-20-14(11)16(22)23/h5-8H,3-4H2,1-2H3,(H,19,21)(H,22,23). The van der Waals surface area contributed by atoms with Gasteiger partial charge in [-0.05, 0) is 36.1 Å². The number of halogens is 1. The van der Waals surface area contributed by atoms with Crippen LogP contribution in [0.3, 0.4) is 0 Å². The van der Waals surface area contributed by atoms with Gasteiger partial charge in [-0.3, -0.25) is 4.79 Å². The fourth-order valence-corrected chi connectivity index (χ4v) is 2.61. The van der Waals surface area contributed by atoms with Crippen LogP contribution in [0.5, 0.6) is 0 Å². The van der Waals surface area contributed by atoms with Crippen molar-refractivity contribution in [1.29, 1.82) is 0 Å². The SMILES string of the molecule is CCc1ccc(Cl)c(CC)c1NC(=O)c1ccnnc1C(=O)O. The molecule has 120 valence electrons. The lowest BCUT2D eigenvalue weighted by atomic mass is 10.0. The molecule has 0 radical (unpaired) electrons. The lowest BCUT2D eigenvalue weighted by Crippen LogP contribution is -2.20. The average Bonchev–Trinajstić information content (AvgIpc) is 2.55. The van der Waals surface area contributed by atoms with Crippen LogP contribution in [-0.2, 0) is 12.8 Å². The van der Waals surface area contributed by atoms with Gasteiger partial charge in [-0.2, -0.15) is 5.10 Å². The minimum absolute atomic E-state index is 0.0448.